The van der Waals surface area contributed by atoms with Gasteiger partial charge in [0.15, 0.2) is 0 Å². The molecule has 1 aromatic rings. The number of nitrogens with two attached hydrogens (primary N) is 1. The van der Waals surface area contributed by atoms with Crippen LogP contribution in [0.15, 0.2) is 24.3 Å². The first-order chi connectivity index (χ1) is 15.0. The quantitative estimate of drug-likeness (QED) is 0.207. The summed E-state index contributed by atoms with van der Waals surface area (Å²) in [5, 5.41) is 36.0. The van der Waals surface area contributed by atoms with Crippen molar-refractivity contribution in [1.82, 2.24) is 16.0 Å². The van der Waals surface area contributed by atoms with Gasteiger partial charge < -0.3 is 37.0 Å². The molecular formula is C21H32N4O7. The second-order valence-corrected chi connectivity index (χ2v) is 7.63. The highest BCUT2D eigenvalue weighted by Crippen LogP contribution is 2.12. The third kappa shape index (κ3) is 8.16. The van der Waals surface area contributed by atoms with Gasteiger partial charge in [0.2, 0.25) is 17.7 Å². The van der Waals surface area contributed by atoms with Crippen LogP contribution in [0.2, 0.25) is 0 Å². The van der Waals surface area contributed by atoms with Crippen molar-refractivity contribution in [3.05, 3.63) is 29.8 Å². The minimum Gasteiger partial charge on any atom is -0.508 e. The fraction of sp³-hybridized carbons (Fsp3) is 0.524. The van der Waals surface area contributed by atoms with Gasteiger partial charge in [0.1, 0.15) is 23.9 Å². The molecule has 0 aliphatic rings. The Labute approximate surface area is 186 Å². The zero-order valence-electron chi connectivity index (χ0n) is 18.4. The molecule has 5 atom stereocenters. The Hall–Kier alpha value is -3.18. The van der Waals surface area contributed by atoms with Crippen LogP contribution in [-0.2, 0) is 25.6 Å². The first kappa shape index (κ1) is 26.9. The van der Waals surface area contributed by atoms with Crippen LogP contribution in [0, 0.1) is 5.92 Å². The van der Waals surface area contributed by atoms with E-state index in [1.165, 1.54) is 19.1 Å². The van der Waals surface area contributed by atoms with E-state index in [0.29, 0.717) is 12.0 Å². The van der Waals surface area contributed by atoms with E-state index >= 15 is 0 Å². The summed E-state index contributed by atoms with van der Waals surface area (Å²) in [6.07, 6.45) is -0.829. The van der Waals surface area contributed by atoms with Gasteiger partial charge in [-0.2, -0.15) is 0 Å². The molecule has 5 unspecified atom stereocenters. The Morgan fingerprint density at radius 3 is 2.00 bits per heavy atom. The summed E-state index contributed by atoms with van der Waals surface area (Å²) in [7, 11) is 0. The lowest BCUT2D eigenvalue weighted by molar-refractivity contribution is -0.144. The highest BCUT2D eigenvalue weighted by atomic mass is 16.4. The average Bonchev–Trinajstić information content (AvgIpc) is 2.75. The topological polar surface area (TPSA) is 191 Å². The normalized spacial score (nSPS) is 15.5. The summed E-state index contributed by atoms with van der Waals surface area (Å²) in [5.74, 6) is -3.83. The lowest BCUT2D eigenvalue weighted by atomic mass is 9.98. The summed E-state index contributed by atoms with van der Waals surface area (Å²) in [6, 6.07) is 2.18. The third-order valence-corrected chi connectivity index (χ3v) is 5.05. The summed E-state index contributed by atoms with van der Waals surface area (Å²) < 4.78 is 0. The predicted molar refractivity (Wildman–Crippen MR) is 115 cm³/mol. The van der Waals surface area contributed by atoms with E-state index in [1.807, 2.05) is 0 Å². The molecule has 8 N–H and O–H groups in total. The number of hydrogen-bond acceptors (Lipinski definition) is 7. The Balaban J connectivity index is 3.02. The maximum absolute atomic E-state index is 12.9. The molecule has 178 valence electrons. The summed E-state index contributed by atoms with van der Waals surface area (Å²) in [5.41, 5.74) is 5.93. The molecule has 0 saturated heterocycles. The van der Waals surface area contributed by atoms with Crippen molar-refractivity contribution in [2.24, 2.45) is 11.7 Å². The number of benzene rings is 1. The van der Waals surface area contributed by atoms with Crippen LogP contribution in [0.5, 0.6) is 5.75 Å². The number of rotatable bonds is 12. The van der Waals surface area contributed by atoms with Gasteiger partial charge >= 0.3 is 5.97 Å². The van der Waals surface area contributed by atoms with Crippen LogP contribution in [0.3, 0.4) is 0 Å². The van der Waals surface area contributed by atoms with Gasteiger partial charge in [0, 0.05) is 6.42 Å². The molecule has 0 spiro atoms. The minimum atomic E-state index is -1.45. The van der Waals surface area contributed by atoms with Crippen LogP contribution < -0.4 is 21.7 Å². The number of aliphatic hydroxyl groups excluding tert-OH is 1. The number of aliphatic carboxylic acids is 1. The van der Waals surface area contributed by atoms with Gasteiger partial charge in [0.25, 0.3) is 0 Å². The number of carboxylic acid groups (broad SMARTS) is 1. The summed E-state index contributed by atoms with van der Waals surface area (Å²) >= 11 is 0. The second-order valence-electron chi connectivity index (χ2n) is 7.63. The second kappa shape index (κ2) is 12.6. The van der Waals surface area contributed by atoms with E-state index < -0.39 is 47.9 Å². The van der Waals surface area contributed by atoms with E-state index in [2.05, 4.69) is 16.0 Å². The van der Waals surface area contributed by atoms with Crippen molar-refractivity contribution in [3.8, 4) is 5.75 Å². The SMILES string of the molecule is CCC(C)C(NC(=O)C(NC(=O)C(Cc1ccc(O)cc1)NC(=O)CN)C(C)O)C(=O)O. The van der Waals surface area contributed by atoms with Gasteiger partial charge in [-0.1, -0.05) is 32.4 Å². The van der Waals surface area contributed by atoms with E-state index in [9.17, 15) is 34.5 Å². The van der Waals surface area contributed by atoms with E-state index in [0.717, 1.165) is 0 Å². The van der Waals surface area contributed by atoms with Crippen molar-refractivity contribution >= 4 is 23.7 Å². The first-order valence-corrected chi connectivity index (χ1v) is 10.3. The molecule has 11 heteroatoms. The maximum Gasteiger partial charge on any atom is 0.326 e. The molecule has 0 heterocycles. The Morgan fingerprint density at radius 2 is 1.53 bits per heavy atom. The summed E-state index contributed by atoms with van der Waals surface area (Å²) in [4.78, 5) is 48.8. The number of carbonyl (C=O) groups excluding carboxylic acids is 3. The molecule has 0 aromatic heterocycles. The van der Waals surface area contributed by atoms with E-state index in [1.54, 1.807) is 26.0 Å². The van der Waals surface area contributed by atoms with E-state index in [-0.39, 0.29) is 24.6 Å². The van der Waals surface area contributed by atoms with Crippen LogP contribution in [0.4, 0.5) is 0 Å². The first-order valence-electron chi connectivity index (χ1n) is 10.3. The van der Waals surface area contributed by atoms with Gasteiger partial charge in [-0.25, -0.2) is 4.79 Å². The molecule has 0 fully saturated rings. The largest absolute Gasteiger partial charge is 0.508 e. The van der Waals surface area contributed by atoms with Crippen LogP contribution >= 0.6 is 0 Å². The molecule has 32 heavy (non-hydrogen) atoms. The van der Waals surface area contributed by atoms with Crippen molar-refractivity contribution in [3.63, 3.8) is 0 Å². The zero-order valence-corrected chi connectivity index (χ0v) is 18.4. The maximum atomic E-state index is 12.9. The fourth-order valence-corrected chi connectivity index (χ4v) is 2.92. The van der Waals surface area contributed by atoms with Gasteiger partial charge in [-0.15, -0.1) is 0 Å². The molecule has 3 amide bonds. The van der Waals surface area contributed by atoms with E-state index in [4.69, 9.17) is 5.73 Å². The minimum absolute atomic E-state index is 0.0244. The predicted octanol–water partition coefficient (Wildman–Crippen LogP) is -1.14. The van der Waals surface area contributed by atoms with Gasteiger partial charge in [-0.3, -0.25) is 14.4 Å². The van der Waals surface area contributed by atoms with Crippen molar-refractivity contribution in [2.45, 2.75) is 57.8 Å². The smallest absolute Gasteiger partial charge is 0.326 e. The Kier molecular flexibility index (Phi) is 10.6. The number of nitrogens with one attached hydrogen (secondary N) is 3. The molecule has 1 aromatic carbocycles. The van der Waals surface area contributed by atoms with Gasteiger partial charge in [0.05, 0.1) is 12.6 Å². The van der Waals surface area contributed by atoms with Crippen LogP contribution in [0.1, 0.15) is 32.8 Å². The van der Waals surface area contributed by atoms with Crippen molar-refractivity contribution < 1.29 is 34.5 Å². The number of aromatic hydroxyl groups is 1. The number of amides is 3. The van der Waals surface area contributed by atoms with Gasteiger partial charge in [-0.05, 0) is 30.5 Å². The lowest BCUT2D eigenvalue weighted by Gasteiger charge is -2.27. The molecule has 1 rings (SSSR count). The number of phenols is 1. The fourth-order valence-electron chi connectivity index (χ4n) is 2.92. The highest BCUT2D eigenvalue weighted by Gasteiger charge is 2.33. The monoisotopic (exact) mass is 452 g/mol. The molecule has 11 nitrogen and oxygen atoms in total. The Morgan fingerprint density at radius 1 is 0.969 bits per heavy atom. The average molecular weight is 453 g/mol. The molecule has 0 aliphatic heterocycles. The van der Waals surface area contributed by atoms with Crippen molar-refractivity contribution in [2.75, 3.05) is 6.54 Å². The van der Waals surface area contributed by atoms with Crippen molar-refractivity contribution in [1.29, 1.82) is 0 Å². The molecule has 0 saturated carbocycles. The molecular weight excluding hydrogens is 420 g/mol. The third-order valence-electron chi connectivity index (χ3n) is 5.05. The summed E-state index contributed by atoms with van der Waals surface area (Å²) in [6.45, 7) is 4.34. The highest BCUT2D eigenvalue weighted by molar-refractivity contribution is 5.94. The number of phenolic OH excluding ortho intramolecular Hbond substituents is 1. The molecule has 0 aliphatic carbocycles. The molecule has 0 bridgehead atoms. The lowest BCUT2D eigenvalue weighted by Crippen LogP contribution is -2.60. The molecule has 0 radical (unpaired) electrons. The number of carboxylic acids is 1. The standard InChI is InChI=1S/C21H32N4O7/c1-4-11(2)17(21(31)32)24-20(30)18(12(3)26)25-19(29)15(23-16(28)10-22)9-13-5-7-14(27)8-6-13/h5-8,11-12,15,17-18,26-27H,4,9-10,22H2,1-3H3,(H,23,28)(H,24,30)(H,25,29)(H,31,32). The zero-order chi connectivity index (χ0) is 24.4. The van der Waals surface area contributed by atoms with Crippen LogP contribution in [-0.4, -0.2) is 69.8 Å². The Bertz CT molecular complexity index is 798. The number of carbonyl (C=O) groups is 4. The number of aliphatic hydroxyl groups is 1. The van der Waals surface area contributed by atoms with Crippen LogP contribution in [0.25, 0.3) is 0 Å². The number of hydrogen-bond donors (Lipinski definition) is 7.